The number of carbonyl (C=O) groups excluding carboxylic acids is 1. The molecular weight excluding hydrogens is 288 g/mol. The zero-order valence-corrected chi connectivity index (χ0v) is 13.0. The van der Waals surface area contributed by atoms with E-state index in [0.29, 0.717) is 5.16 Å². The lowest BCUT2D eigenvalue weighted by Crippen LogP contribution is -2.20. The number of nitrogens with zero attached hydrogens (tertiary/aromatic N) is 4. The lowest BCUT2D eigenvalue weighted by atomic mass is 10.2. The minimum absolute atomic E-state index is 0.0877. The van der Waals surface area contributed by atoms with Gasteiger partial charge in [-0.15, -0.1) is 10.2 Å². The fourth-order valence-corrected chi connectivity index (χ4v) is 2.29. The Kier molecular flexibility index (Phi) is 4.69. The Balaban J connectivity index is 2.03. The van der Waals surface area contributed by atoms with Gasteiger partial charge in [-0.05, 0) is 30.5 Å². The zero-order valence-electron chi connectivity index (χ0n) is 12.2. The first-order valence-electron chi connectivity index (χ1n) is 6.31. The highest BCUT2D eigenvalue weighted by Gasteiger charge is 2.12. The number of nitrogens with two attached hydrogens (primary N) is 1. The van der Waals surface area contributed by atoms with Crippen LogP contribution in [-0.4, -0.2) is 41.0 Å². The van der Waals surface area contributed by atoms with Crippen LogP contribution in [0.2, 0.25) is 0 Å². The number of benzene rings is 1. The second-order valence-corrected chi connectivity index (χ2v) is 5.39. The normalized spacial score (nSPS) is 10.4. The van der Waals surface area contributed by atoms with Gasteiger partial charge in [-0.3, -0.25) is 9.36 Å². The highest BCUT2D eigenvalue weighted by molar-refractivity contribution is 7.98. The molecule has 8 heteroatoms. The number of anilines is 3. The topological polar surface area (TPSA) is 89.1 Å². The van der Waals surface area contributed by atoms with Crippen LogP contribution >= 0.6 is 11.8 Å². The van der Waals surface area contributed by atoms with Crippen LogP contribution in [0.4, 0.5) is 17.3 Å². The van der Waals surface area contributed by atoms with Gasteiger partial charge in [-0.1, -0.05) is 11.8 Å². The Morgan fingerprint density at radius 3 is 2.57 bits per heavy atom. The summed E-state index contributed by atoms with van der Waals surface area (Å²) in [4.78, 5) is 14.1. The van der Waals surface area contributed by atoms with Crippen LogP contribution in [0.15, 0.2) is 29.4 Å². The minimum Gasteiger partial charge on any atom is -0.378 e. The average Bonchev–Trinajstić information content (AvgIpc) is 2.80. The molecule has 1 heterocycles. The molecule has 112 valence electrons. The van der Waals surface area contributed by atoms with Crippen LogP contribution < -0.4 is 16.0 Å². The molecule has 1 amide bonds. The number of hydrogen-bond acceptors (Lipinski definition) is 6. The van der Waals surface area contributed by atoms with Crippen LogP contribution in [0.1, 0.15) is 0 Å². The third-order valence-electron chi connectivity index (χ3n) is 2.90. The first-order chi connectivity index (χ1) is 10.0. The summed E-state index contributed by atoms with van der Waals surface area (Å²) >= 11 is 1.39. The number of nitrogen functional groups attached to an aromatic ring is 1. The maximum absolute atomic E-state index is 12.1. The largest absolute Gasteiger partial charge is 0.378 e. The summed E-state index contributed by atoms with van der Waals surface area (Å²) in [5.74, 6) is 0.0619. The van der Waals surface area contributed by atoms with Crippen LogP contribution in [0.5, 0.6) is 0 Å². The van der Waals surface area contributed by atoms with Gasteiger partial charge < -0.3 is 16.0 Å². The van der Waals surface area contributed by atoms with Crippen LogP contribution in [-0.2, 0) is 11.3 Å². The van der Waals surface area contributed by atoms with Crippen LogP contribution in [0.25, 0.3) is 0 Å². The summed E-state index contributed by atoms with van der Waals surface area (Å²) in [6, 6.07) is 7.60. The molecule has 0 saturated carbocycles. The van der Waals surface area contributed by atoms with E-state index >= 15 is 0 Å². The molecular formula is C13H18N6OS. The summed E-state index contributed by atoms with van der Waals surface area (Å²) in [6.45, 7) is 0.0877. The Morgan fingerprint density at radius 2 is 2.00 bits per heavy atom. The predicted molar refractivity (Wildman–Crippen MR) is 85.6 cm³/mol. The van der Waals surface area contributed by atoms with E-state index in [0.717, 1.165) is 11.4 Å². The van der Waals surface area contributed by atoms with Gasteiger partial charge in [0.1, 0.15) is 6.54 Å². The molecule has 2 aromatic rings. The average molecular weight is 306 g/mol. The van der Waals surface area contributed by atoms with Crippen molar-refractivity contribution in [3.63, 3.8) is 0 Å². The summed E-state index contributed by atoms with van der Waals surface area (Å²) in [7, 11) is 3.93. The molecule has 0 unspecified atom stereocenters. The molecule has 0 radical (unpaired) electrons. The second-order valence-electron chi connectivity index (χ2n) is 4.62. The summed E-state index contributed by atoms with van der Waals surface area (Å²) < 4.78 is 1.58. The molecule has 1 aromatic carbocycles. The van der Waals surface area contributed by atoms with Crippen LogP contribution in [0.3, 0.4) is 0 Å². The van der Waals surface area contributed by atoms with Crippen molar-refractivity contribution in [2.45, 2.75) is 11.7 Å². The number of nitrogens with one attached hydrogen (secondary N) is 1. The molecule has 0 bridgehead atoms. The SMILES string of the molecule is CSc1nnc(N)n1CC(=O)Nc1ccc(N(C)C)cc1. The van der Waals surface area contributed by atoms with Crippen molar-refractivity contribution in [3.8, 4) is 0 Å². The van der Waals surface area contributed by atoms with Gasteiger partial charge >= 0.3 is 0 Å². The lowest BCUT2D eigenvalue weighted by Gasteiger charge is -2.13. The highest BCUT2D eigenvalue weighted by atomic mass is 32.2. The fourth-order valence-electron chi connectivity index (χ4n) is 1.79. The van der Waals surface area contributed by atoms with Crippen molar-refractivity contribution < 1.29 is 4.79 Å². The zero-order chi connectivity index (χ0) is 15.4. The second kappa shape index (κ2) is 6.49. The summed E-state index contributed by atoms with van der Waals surface area (Å²) in [5.41, 5.74) is 7.51. The van der Waals surface area contributed by atoms with Gasteiger partial charge in [0, 0.05) is 25.5 Å². The number of rotatable bonds is 5. The van der Waals surface area contributed by atoms with Gasteiger partial charge in [0.2, 0.25) is 11.9 Å². The molecule has 0 aliphatic rings. The predicted octanol–water partition coefficient (Wildman–Crippen LogP) is 1.29. The maximum Gasteiger partial charge on any atom is 0.244 e. The van der Waals surface area contributed by atoms with E-state index in [1.807, 2.05) is 49.5 Å². The number of thioether (sulfide) groups is 1. The van der Waals surface area contributed by atoms with Crippen molar-refractivity contribution >= 4 is 35.0 Å². The standard InChI is InChI=1S/C13H18N6OS/c1-18(2)10-6-4-9(5-7-10)15-11(20)8-19-12(14)16-17-13(19)21-3/h4-7H,8H2,1-3H3,(H2,14,16)(H,15,20). The molecule has 0 aliphatic carbocycles. The van der Waals surface area contributed by atoms with Crippen molar-refractivity contribution in [1.29, 1.82) is 0 Å². The number of carbonyl (C=O) groups is 1. The first-order valence-corrected chi connectivity index (χ1v) is 7.53. The van der Waals surface area contributed by atoms with E-state index in [-0.39, 0.29) is 18.4 Å². The fraction of sp³-hybridized carbons (Fsp3) is 0.308. The van der Waals surface area contributed by atoms with E-state index in [1.54, 1.807) is 4.57 Å². The monoisotopic (exact) mass is 306 g/mol. The van der Waals surface area contributed by atoms with Gasteiger partial charge in [0.05, 0.1) is 0 Å². The molecule has 1 aromatic heterocycles. The summed E-state index contributed by atoms with van der Waals surface area (Å²) in [5, 5.41) is 11.1. The number of hydrogen-bond donors (Lipinski definition) is 2. The highest BCUT2D eigenvalue weighted by Crippen LogP contribution is 2.17. The van der Waals surface area contributed by atoms with Crippen molar-refractivity contribution in [2.24, 2.45) is 0 Å². The molecule has 0 spiro atoms. The molecule has 0 atom stereocenters. The molecule has 7 nitrogen and oxygen atoms in total. The molecule has 0 saturated heterocycles. The maximum atomic E-state index is 12.1. The third kappa shape index (κ3) is 3.66. The molecule has 3 N–H and O–H groups in total. The van der Waals surface area contributed by atoms with Crippen LogP contribution in [0, 0.1) is 0 Å². The number of aromatic nitrogens is 3. The quantitative estimate of drug-likeness (QED) is 0.809. The molecule has 0 fully saturated rings. The van der Waals surface area contributed by atoms with Crippen molar-refractivity contribution in [3.05, 3.63) is 24.3 Å². The molecule has 21 heavy (non-hydrogen) atoms. The van der Waals surface area contributed by atoms with Gasteiger partial charge in [0.25, 0.3) is 0 Å². The van der Waals surface area contributed by atoms with E-state index in [4.69, 9.17) is 5.73 Å². The first kappa shape index (κ1) is 15.2. The third-order valence-corrected chi connectivity index (χ3v) is 3.56. The van der Waals surface area contributed by atoms with E-state index in [2.05, 4.69) is 15.5 Å². The Bertz CT molecular complexity index is 622. The van der Waals surface area contributed by atoms with Gasteiger partial charge in [-0.25, -0.2) is 0 Å². The Labute approximate surface area is 127 Å². The summed E-state index contributed by atoms with van der Waals surface area (Å²) in [6.07, 6.45) is 1.86. The lowest BCUT2D eigenvalue weighted by molar-refractivity contribution is -0.116. The van der Waals surface area contributed by atoms with E-state index < -0.39 is 0 Å². The van der Waals surface area contributed by atoms with Gasteiger partial charge in [-0.2, -0.15) is 0 Å². The smallest absolute Gasteiger partial charge is 0.244 e. The van der Waals surface area contributed by atoms with E-state index in [9.17, 15) is 4.79 Å². The minimum atomic E-state index is -0.172. The van der Waals surface area contributed by atoms with E-state index in [1.165, 1.54) is 11.8 Å². The Morgan fingerprint density at radius 1 is 1.33 bits per heavy atom. The van der Waals surface area contributed by atoms with Crippen molar-refractivity contribution in [1.82, 2.24) is 14.8 Å². The Hall–Kier alpha value is -2.22. The van der Waals surface area contributed by atoms with Gasteiger partial charge in [0.15, 0.2) is 5.16 Å². The van der Waals surface area contributed by atoms with Crippen molar-refractivity contribution in [2.75, 3.05) is 36.3 Å². The molecule has 0 aliphatic heterocycles. The number of amides is 1. The molecule has 2 rings (SSSR count).